The van der Waals surface area contributed by atoms with Gasteiger partial charge >= 0.3 is 0 Å². The zero-order valence-electron chi connectivity index (χ0n) is 9.32. The zero-order chi connectivity index (χ0) is 12.7. The molecule has 4 nitrogen and oxygen atoms in total. The second kappa shape index (κ2) is 6.85. The minimum absolute atomic E-state index is 0.350. The molecule has 0 heterocycles. The van der Waals surface area contributed by atoms with Gasteiger partial charge < -0.3 is 20.4 Å². The number of aromatic hydroxyl groups is 1. The number of aliphatic hydroxyl groups excluding tert-OH is 3. The van der Waals surface area contributed by atoms with E-state index in [1.807, 2.05) is 36.4 Å². The molecule has 0 radical (unpaired) electrons. The highest BCUT2D eigenvalue weighted by molar-refractivity contribution is 5.87. The van der Waals surface area contributed by atoms with E-state index in [0.717, 1.165) is 10.8 Å². The van der Waals surface area contributed by atoms with Gasteiger partial charge in [-0.15, -0.1) is 0 Å². The van der Waals surface area contributed by atoms with Crippen molar-refractivity contribution in [1.29, 1.82) is 0 Å². The number of fused-ring (bicyclic) bond motifs is 1. The lowest BCUT2D eigenvalue weighted by Gasteiger charge is -1.97. The molecule has 0 unspecified atom stereocenters. The fourth-order valence-electron chi connectivity index (χ4n) is 1.27. The Morgan fingerprint density at radius 3 is 2.00 bits per heavy atom. The lowest BCUT2D eigenvalue weighted by molar-refractivity contribution is 0.0450. The minimum Gasteiger partial charge on any atom is -0.507 e. The molecule has 0 amide bonds. The van der Waals surface area contributed by atoms with Crippen molar-refractivity contribution in [3.8, 4) is 5.75 Å². The van der Waals surface area contributed by atoms with Gasteiger partial charge in [0.1, 0.15) is 11.9 Å². The number of aliphatic hydroxyl groups is 3. The van der Waals surface area contributed by atoms with E-state index >= 15 is 0 Å². The third-order valence-corrected chi connectivity index (χ3v) is 2.19. The Kier molecular flexibility index (Phi) is 5.42. The highest BCUT2D eigenvalue weighted by Gasteiger charge is 1.94. The summed E-state index contributed by atoms with van der Waals surface area (Å²) in [6, 6.07) is 13.3. The van der Waals surface area contributed by atoms with Crippen LogP contribution in [0.2, 0.25) is 0 Å². The van der Waals surface area contributed by atoms with E-state index in [1.54, 1.807) is 6.07 Å². The van der Waals surface area contributed by atoms with Gasteiger partial charge in [-0.1, -0.05) is 36.4 Å². The first kappa shape index (κ1) is 13.4. The number of hydrogen-bond donors (Lipinski definition) is 4. The fourth-order valence-corrected chi connectivity index (χ4v) is 1.27. The van der Waals surface area contributed by atoms with Gasteiger partial charge in [-0.25, -0.2) is 0 Å². The van der Waals surface area contributed by atoms with Crippen molar-refractivity contribution < 1.29 is 20.4 Å². The van der Waals surface area contributed by atoms with Crippen molar-refractivity contribution in [1.82, 2.24) is 0 Å². The number of phenols is 1. The molecule has 2 rings (SSSR count). The van der Waals surface area contributed by atoms with Crippen molar-refractivity contribution >= 4 is 10.8 Å². The number of phenolic OH excluding ortho intramolecular Hbond substituents is 1. The van der Waals surface area contributed by atoms with Crippen LogP contribution in [-0.4, -0.2) is 39.7 Å². The van der Waals surface area contributed by atoms with Gasteiger partial charge in [0.25, 0.3) is 0 Å². The Balaban J connectivity index is 0.000000209. The summed E-state index contributed by atoms with van der Waals surface area (Å²) < 4.78 is 0. The van der Waals surface area contributed by atoms with Crippen LogP contribution < -0.4 is 0 Å². The molecule has 0 saturated carbocycles. The third kappa shape index (κ3) is 4.03. The summed E-state index contributed by atoms with van der Waals surface area (Å²) in [6.07, 6.45) is -0.954. The van der Waals surface area contributed by atoms with Gasteiger partial charge in [0.2, 0.25) is 0 Å². The smallest absolute Gasteiger partial charge is 0.123 e. The molecule has 2 aromatic carbocycles. The van der Waals surface area contributed by atoms with Crippen LogP contribution in [0.5, 0.6) is 5.75 Å². The second-order valence-electron chi connectivity index (χ2n) is 3.52. The SMILES string of the molecule is OCC(O)CO.Oc1cccc2ccccc12. The van der Waals surface area contributed by atoms with Gasteiger partial charge in [-0.3, -0.25) is 0 Å². The molecule has 4 heteroatoms. The predicted molar refractivity (Wildman–Crippen MR) is 65.8 cm³/mol. The number of hydrogen-bond acceptors (Lipinski definition) is 4. The van der Waals surface area contributed by atoms with Crippen molar-refractivity contribution in [3.63, 3.8) is 0 Å². The van der Waals surface area contributed by atoms with Crippen molar-refractivity contribution in [2.45, 2.75) is 6.10 Å². The van der Waals surface area contributed by atoms with E-state index in [9.17, 15) is 5.11 Å². The summed E-state index contributed by atoms with van der Waals surface area (Å²) in [5, 5.41) is 35.4. The lowest BCUT2D eigenvalue weighted by atomic mass is 10.1. The molecule has 0 fully saturated rings. The van der Waals surface area contributed by atoms with Crippen LogP contribution in [0, 0.1) is 0 Å². The summed E-state index contributed by atoms with van der Waals surface area (Å²) in [5.41, 5.74) is 0. The molecule has 4 N–H and O–H groups in total. The van der Waals surface area contributed by atoms with Crippen LogP contribution in [-0.2, 0) is 0 Å². The predicted octanol–water partition coefficient (Wildman–Crippen LogP) is 0.877. The Morgan fingerprint density at radius 2 is 1.47 bits per heavy atom. The van der Waals surface area contributed by atoms with Gasteiger partial charge in [0, 0.05) is 5.39 Å². The maximum atomic E-state index is 9.37. The first-order chi connectivity index (χ1) is 8.19. The third-order valence-electron chi connectivity index (χ3n) is 2.19. The molecule has 0 aromatic heterocycles. The van der Waals surface area contributed by atoms with E-state index in [4.69, 9.17) is 15.3 Å². The average molecular weight is 236 g/mol. The maximum Gasteiger partial charge on any atom is 0.123 e. The van der Waals surface area contributed by atoms with Crippen LogP contribution in [0.3, 0.4) is 0 Å². The monoisotopic (exact) mass is 236 g/mol. The van der Waals surface area contributed by atoms with Crippen molar-refractivity contribution in [2.75, 3.05) is 13.2 Å². The molecular weight excluding hydrogens is 220 g/mol. The van der Waals surface area contributed by atoms with Crippen LogP contribution in [0.1, 0.15) is 0 Å². The first-order valence-corrected chi connectivity index (χ1v) is 5.25. The molecule has 0 aliphatic heterocycles. The van der Waals surface area contributed by atoms with Crippen molar-refractivity contribution in [3.05, 3.63) is 42.5 Å². The van der Waals surface area contributed by atoms with Gasteiger partial charge in [0.15, 0.2) is 0 Å². The number of rotatable bonds is 2. The van der Waals surface area contributed by atoms with Crippen LogP contribution in [0.25, 0.3) is 10.8 Å². The summed E-state index contributed by atoms with van der Waals surface area (Å²) in [6.45, 7) is -0.729. The number of benzene rings is 2. The van der Waals surface area contributed by atoms with Gasteiger partial charge in [-0.05, 0) is 11.5 Å². The minimum atomic E-state index is -0.954. The standard InChI is InChI=1S/C10H8O.C3H8O3/c11-10-7-3-5-8-4-1-2-6-9(8)10;4-1-3(6)2-5/h1-7,11H;3-6H,1-2H2. The first-order valence-electron chi connectivity index (χ1n) is 5.25. The van der Waals surface area contributed by atoms with Crippen molar-refractivity contribution in [2.24, 2.45) is 0 Å². The molecule has 0 bridgehead atoms. The largest absolute Gasteiger partial charge is 0.507 e. The Bertz CT molecular complexity index is 447. The fraction of sp³-hybridized carbons (Fsp3) is 0.231. The van der Waals surface area contributed by atoms with E-state index in [0.29, 0.717) is 5.75 Å². The highest BCUT2D eigenvalue weighted by atomic mass is 16.3. The molecule has 2 aromatic rings. The Labute approximate surface area is 99.4 Å². The highest BCUT2D eigenvalue weighted by Crippen LogP contribution is 2.22. The normalized spacial score (nSPS) is 10.1. The Hall–Kier alpha value is -1.62. The van der Waals surface area contributed by atoms with Gasteiger partial charge in [-0.2, -0.15) is 0 Å². The molecule has 0 aliphatic carbocycles. The molecule has 92 valence electrons. The maximum absolute atomic E-state index is 9.37. The van der Waals surface area contributed by atoms with E-state index in [1.165, 1.54) is 0 Å². The van der Waals surface area contributed by atoms with Crippen LogP contribution in [0.15, 0.2) is 42.5 Å². The summed E-state index contributed by atoms with van der Waals surface area (Å²) in [5.74, 6) is 0.350. The Morgan fingerprint density at radius 1 is 0.882 bits per heavy atom. The van der Waals surface area contributed by atoms with E-state index in [2.05, 4.69) is 0 Å². The quantitative estimate of drug-likeness (QED) is 0.624. The molecule has 0 atom stereocenters. The van der Waals surface area contributed by atoms with E-state index in [-0.39, 0.29) is 13.2 Å². The topological polar surface area (TPSA) is 80.9 Å². The zero-order valence-corrected chi connectivity index (χ0v) is 9.32. The lowest BCUT2D eigenvalue weighted by Crippen LogP contribution is -2.15. The summed E-state index contributed by atoms with van der Waals surface area (Å²) in [7, 11) is 0. The van der Waals surface area contributed by atoms with E-state index < -0.39 is 6.10 Å². The van der Waals surface area contributed by atoms with Crippen LogP contribution in [0.4, 0.5) is 0 Å². The summed E-state index contributed by atoms with van der Waals surface area (Å²) in [4.78, 5) is 0. The molecule has 17 heavy (non-hydrogen) atoms. The second-order valence-corrected chi connectivity index (χ2v) is 3.52. The van der Waals surface area contributed by atoms with Gasteiger partial charge in [0.05, 0.1) is 13.2 Å². The molecule has 0 spiro atoms. The molecular formula is C13H16O4. The molecule has 0 saturated heterocycles. The average Bonchev–Trinajstić information content (AvgIpc) is 2.39. The summed E-state index contributed by atoms with van der Waals surface area (Å²) >= 11 is 0. The molecule has 0 aliphatic rings. The van der Waals surface area contributed by atoms with Crippen LogP contribution >= 0.6 is 0 Å².